The summed E-state index contributed by atoms with van der Waals surface area (Å²) in [6.45, 7) is 15.4. The van der Waals surface area contributed by atoms with Crippen molar-refractivity contribution in [3.05, 3.63) is 0 Å². The Morgan fingerprint density at radius 2 is 1.64 bits per heavy atom. The Bertz CT molecular complexity index is 544. The molecule has 3 N–H and O–H groups in total. The first-order valence-electron chi connectivity index (χ1n) is 8.65. The predicted octanol–water partition coefficient (Wildman–Crippen LogP) is 2.21. The highest BCUT2D eigenvalue weighted by atomic mass is 16.4. The van der Waals surface area contributed by atoms with Crippen molar-refractivity contribution in [2.45, 2.75) is 79.4 Å². The summed E-state index contributed by atoms with van der Waals surface area (Å²) in [5.41, 5.74) is -1.26. The molecule has 7 nitrogen and oxygen atoms in total. The maximum absolute atomic E-state index is 13.1. The van der Waals surface area contributed by atoms with Gasteiger partial charge < -0.3 is 20.6 Å². The number of aliphatic carboxylic acids is 1. The molecule has 1 aliphatic heterocycles. The van der Waals surface area contributed by atoms with Gasteiger partial charge in [-0.15, -0.1) is 0 Å². The lowest BCUT2D eigenvalue weighted by molar-refractivity contribution is -0.150. The first-order chi connectivity index (χ1) is 11.0. The number of likely N-dealkylation sites (tertiary alicyclic amines) is 1. The number of nitrogens with zero attached hydrogens (tertiary/aromatic N) is 1. The summed E-state index contributed by atoms with van der Waals surface area (Å²) >= 11 is 0. The number of amides is 3. The van der Waals surface area contributed by atoms with E-state index >= 15 is 0 Å². The van der Waals surface area contributed by atoms with Crippen LogP contribution in [0.25, 0.3) is 0 Å². The summed E-state index contributed by atoms with van der Waals surface area (Å²) in [5, 5.41) is 15.0. The molecule has 1 fully saturated rings. The highest BCUT2D eigenvalue weighted by molar-refractivity contribution is 5.91. The van der Waals surface area contributed by atoms with Crippen LogP contribution in [0.2, 0.25) is 0 Å². The quantitative estimate of drug-likeness (QED) is 0.723. The number of carboxylic acids is 1. The van der Waals surface area contributed by atoms with Crippen LogP contribution in [0.5, 0.6) is 0 Å². The summed E-state index contributed by atoms with van der Waals surface area (Å²) in [6.07, 6.45) is 0.402. The van der Waals surface area contributed by atoms with Crippen molar-refractivity contribution < 1.29 is 19.5 Å². The lowest BCUT2D eigenvalue weighted by Gasteiger charge is -2.35. The van der Waals surface area contributed by atoms with Crippen LogP contribution in [-0.4, -0.2) is 52.1 Å². The molecule has 7 heteroatoms. The molecule has 1 heterocycles. The number of hydrogen-bond donors (Lipinski definition) is 3. The van der Waals surface area contributed by atoms with Crippen LogP contribution in [0.1, 0.15) is 61.8 Å². The van der Waals surface area contributed by atoms with Gasteiger partial charge in [0.2, 0.25) is 5.91 Å². The van der Waals surface area contributed by atoms with Gasteiger partial charge >= 0.3 is 12.0 Å². The van der Waals surface area contributed by atoms with E-state index in [4.69, 9.17) is 0 Å². The first kappa shape index (κ1) is 21.3. The largest absolute Gasteiger partial charge is 0.480 e. The molecule has 1 rings (SSSR count). The summed E-state index contributed by atoms with van der Waals surface area (Å²) in [6, 6.07) is -2.11. The molecule has 0 bridgehead atoms. The molecule has 0 saturated carbocycles. The van der Waals surface area contributed by atoms with E-state index in [-0.39, 0.29) is 11.3 Å². The van der Waals surface area contributed by atoms with Gasteiger partial charge in [0.15, 0.2) is 0 Å². The third kappa shape index (κ3) is 5.90. The molecular formula is C18H33N3O4. The van der Waals surface area contributed by atoms with Gasteiger partial charge in [0, 0.05) is 12.1 Å². The Balaban J connectivity index is 3.05. The van der Waals surface area contributed by atoms with Crippen LogP contribution in [0, 0.1) is 10.8 Å². The molecule has 25 heavy (non-hydrogen) atoms. The maximum atomic E-state index is 13.1. The number of hydrogen-bond acceptors (Lipinski definition) is 3. The Hall–Kier alpha value is -1.79. The highest BCUT2D eigenvalue weighted by Gasteiger charge is 2.47. The summed E-state index contributed by atoms with van der Waals surface area (Å²) < 4.78 is 0. The topological polar surface area (TPSA) is 98.7 Å². The zero-order valence-corrected chi connectivity index (χ0v) is 16.7. The minimum Gasteiger partial charge on any atom is -0.480 e. The number of urea groups is 1. The fourth-order valence-electron chi connectivity index (χ4n) is 3.04. The van der Waals surface area contributed by atoms with Crippen LogP contribution >= 0.6 is 0 Å². The molecular weight excluding hydrogens is 322 g/mol. The molecule has 1 saturated heterocycles. The van der Waals surface area contributed by atoms with Crippen LogP contribution in [0.4, 0.5) is 4.79 Å². The number of carbonyl (C=O) groups is 3. The van der Waals surface area contributed by atoms with Gasteiger partial charge in [-0.2, -0.15) is 0 Å². The minimum absolute atomic E-state index is 0.269. The number of rotatable bonds is 3. The van der Waals surface area contributed by atoms with Crippen molar-refractivity contribution in [1.29, 1.82) is 0 Å². The van der Waals surface area contributed by atoms with Crippen LogP contribution in [0.3, 0.4) is 0 Å². The lowest BCUT2D eigenvalue weighted by atomic mass is 9.85. The average Bonchev–Trinajstić information content (AvgIpc) is 2.68. The molecule has 144 valence electrons. The molecule has 0 radical (unpaired) electrons. The van der Waals surface area contributed by atoms with Gasteiger partial charge in [0.25, 0.3) is 0 Å². The van der Waals surface area contributed by atoms with Gasteiger partial charge in [-0.1, -0.05) is 34.6 Å². The van der Waals surface area contributed by atoms with Crippen molar-refractivity contribution in [2.75, 3.05) is 6.54 Å². The minimum atomic E-state index is -1.01. The Labute approximate surface area is 150 Å². The highest BCUT2D eigenvalue weighted by Crippen LogP contribution is 2.35. The third-order valence-electron chi connectivity index (χ3n) is 4.17. The predicted molar refractivity (Wildman–Crippen MR) is 96.2 cm³/mol. The van der Waals surface area contributed by atoms with Crippen molar-refractivity contribution in [3.8, 4) is 0 Å². The molecule has 0 aromatic rings. The lowest BCUT2D eigenvalue weighted by Crippen LogP contribution is -2.60. The molecule has 0 aromatic carbocycles. The van der Waals surface area contributed by atoms with Gasteiger partial charge in [-0.3, -0.25) is 4.79 Å². The number of carbonyl (C=O) groups excluding carboxylic acids is 2. The molecule has 0 aliphatic carbocycles. The standard InChI is InChI=1S/C18H33N3O4/c1-16(2,3)12(19-15(25)20-17(4,5)6)13(22)21-10-18(7,8)9-11(21)14(23)24/h11-12H,9-10H2,1-8H3,(H,23,24)(H2,19,20,25)/t11-,12+/m0/s1. The van der Waals surface area contributed by atoms with E-state index in [1.165, 1.54) is 4.90 Å². The zero-order chi connectivity index (χ0) is 19.8. The number of carboxylic acid groups (broad SMARTS) is 1. The molecule has 0 spiro atoms. The van der Waals surface area contributed by atoms with E-state index in [0.717, 1.165) is 0 Å². The monoisotopic (exact) mass is 355 g/mol. The summed E-state index contributed by atoms with van der Waals surface area (Å²) in [7, 11) is 0. The van der Waals surface area contributed by atoms with Crippen LogP contribution < -0.4 is 10.6 Å². The second-order valence-corrected chi connectivity index (χ2v) is 9.84. The molecule has 0 aromatic heterocycles. The average molecular weight is 355 g/mol. The van der Waals surface area contributed by atoms with E-state index in [1.807, 2.05) is 55.4 Å². The molecule has 2 atom stereocenters. The van der Waals surface area contributed by atoms with E-state index in [0.29, 0.717) is 13.0 Å². The summed E-state index contributed by atoms with van der Waals surface area (Å²) in [4.78, 5) is 38.4. The fourth-order valence-corrected chi connectivity index (χ4v) is 3.04. The molecule has 3 amide bonds. The molecule has 1 aliphatic rings. The van der Waals surface area contributed by atoms with Gasteiger partial charge in [-0.25, -0.2) is 9.59 Å². The van der Waals surface area contributed by atoms with Gasteiger partial charge in [-0.05, 0) is 38.0 Å². The second kappa shape index (κ2) is 6.84. The SMILES string of the molecule is CC1(C)C[C@@H](C(=O)O)N(C(=O)[C@@H](NC(=O)NC(C)(C)C)C(C)(C)C)C1. The third-order valence-corrected chi connectivity index (χ3v) is 4.17. The van der Waals surface area contributed by atoms with Crippen molar-refractivity contribution in [2.24, 2.45) is 10.8 Å². The van der Waals surface area contributed by atoms with Gasteiger partial charge in [0.05, 0.1) is 0 Å². The second-order valence-electron chi connectivity index (χ2n) is 9.84. The zero-order valence-electron chi connectivity index (χ0n) is 16.7. The Morgan fingerprint density at radius 3 is 2.04 bits per heavy atom. The molecule has 0 unspecified atom stereocenters. The normalized spacial score (nSPS) is 21.6. The van der Waals surface area contributed by atoms with Crippen molar-refractivity contribution in [1.82, 2.24) is 15.5 Å². The smallest absolute Gasteiger partial charge is 0.326 e. The van der Waals surface area contributed by atoms with Crippen molar-refractivity contribution in [3.63, 3.8) is 0 Å². The fraction of sp³-hybridized carbons (Fsp3) is 0.833. The van der Waals surface area contributed by atoms with Crippen molar-refractivity contribution >= 4 is 17.9 Å². The Morgan fingerprint density at radius 1 is 1.12 bits per heavy atom. The summed E-state index contributed by atoms with van der Waals surface area (Å²) in [5.74, 6) is -1.36. The van der Waals surface area contributed by atoms with E-state index < -0.39 is 35.0 Å². The van der Waals surface area contributed by atoms with Crippen LogP contribution in [0.15, 0.2) is 0 Å². The maximum Gasteiger partial charge on any atom is 0.326 e. The first-order valence-corrected chi connectivity index (χ1v) is 8.65. The van der Waals surface area contributed by atoms with Crippen LogP contribution in [-0.2, 0) is 9.59 Å². The van der Waals surface area contributed by atoms with Gasteiger partial charge in [0.1, 0.15) is 12.1 Å². The van der Waals surface area contributed by atoms with E-state index in [2.05, 4.69) is 10.6 Å². The van der Waals surface area contributed by atoms with E-state index in [1.54, 1.807) is 0 Å². The van der Waals surface area contributed by atoms with E-state index in [9.17, 15) is 19.5 Å². The Kier molecular flexibility index (Phi) is 5.82. The number of nitrogens with one attached hydrogen (secondary N) is 2.